The molecule has 4 heteroatoms. The summed E-state index contributed by atoms with van der Waals surface area (Å²) in [6.45, 7) is 2.34. The molecule has 0 fully saturated rings. The van der Waals surface area contributed by atoms with Crippen molar-refractivity contribution in [3.05, 3.63) is 35.9 Å². The molecule has 0 aliphatic heterocycles. The van der Waals surface area contributed by atoms with Gasteiger partial charge >= 0.3 is 0 Å². The molecule has 0 aliphatic carbocycles. The zero-order valence-corrected chi connectivity index (χ0v) is 10.9. The summed E-state index contributed by atoms with van der Waals surface area (Å²) < 4.78 is 4.79. The number of rotatable bonds is 7. The van der Waals surface area contributed by atoms with Crippen molar-refractivity contribution in [1.29, 1.82) is 0 Å². The van der Waals surface area contributed by atoms with Crippen molar-refractivity contribution < 1.29 is 14.6 Å². The van der Waals surface area contributed by atoms with Gasteiger partial charge in [-0.2, -0.15) is 0 Å². The minimum atomic E-state index is -0.650. The number of hydrogen-bond acceptors (Lipinski definition) is 3. The highest BCUT2D eigenvalue weighted by molar-refractivity contribution is 5.78. The fourth-order valence-corrected chi connectivity index (χ4v) is 1.70. The summed E-state index contributed by atoms with van der Waals surface area (Å²) in [7, 11) is 1.52. The Morgan fingerprint density at radius 3 is 2.67 bits per heavy atom. The van der Waals surface area contributed by atoms with Crippen molar-refractivity contribution in [2.24, 2.45) is 5.92 Å². The Hall–Kier alpha value is -1.39. The minimum Gasteiger partial charge on any atom is -0.389 e. The van der Waals surface area contributed by atoms with E-state index in [0.29, 0.717) is 6.42 Å². The molecule has 1 aromatic carbocycles. The van der Waals surface area contributed by atoms with Crippen LogP contribution in [0.2, 0.25) is 0 Å². The molecule has 0 radical (unpaired) electrons. The summed E-state index contributed by atoms with van der Waals surface area (Å²) in [4.78, 5) is 11.8. The van der Waals surface area contributed by atoms with Crippen LogP contribution in [0.15, 0.2) is 30.3 Å². The molecule has 100 valence electrons. The molecule has 2 unspecified atom stereocenters. The Balaban J connectivity index is 2.33. The first-order chi connectivity index (χ1) is 8.63. The van der Waals surface area contributed by atoms with E-state index in [-0.39, 0.29) is 25.0 Å². The molecular formula is C14H21NO3. The van der Waals surface area contributed by atoms with Gasteiger partial charge in [-0.1, -0.05) is 37.3 Å². The highest BCUT2D eigenvalue weighted by Crippen LogP contribution is 2.08. The van der Waals surface area contributed by atoms with Crippen molar-refractivity contribution in [3.8, 4) is 0 Å². The lowest BCUT2D eigenvalue weighted by atomic mass is 10.0. The van der Waals surface area contributed by atoms with E-state index in [1.54, 1.807) is 0 Å². The molecule has 18 heavy (non-hydrogen) atoms. The largest absolute Gasteiger partial charge is 0.389 e. The molecule has 0 saturated heterocycles. The van der Waals surface area contributed by atoms with E-state index < -0.39 is 6.10 Å². The van der Waals surface area contributed by atoms with Gasteiger partial charge in [-0.3, -0.25) is 4.79 Å². The lowest BCUT2D eigenvalue weighted by Gasteiger charge is -2.14. The Morgan fingerprint density at radius 1 is 1.39 bits per heavy atom. The molecular weight excluding hydrogens is 230 g/mol. The van der Waals surface area contributed by atoms with Crippen LogP contribution in [0.1, 0.15) is 12.5 Å². The molecule has 2 atom stereocenters. The standard InChI is InChI=1S/C14H21NO3/c1-11(8-12-6-4-3-5-7-12)14(17)15-9-13(16)10-18-2/h3-7,11,13,16H,8-10H2,1-2H3,(H,15,17). The summed E-state index contributed by atoms with van der Waals surface area (Å²) in [6, 6.07) is 9.88. The second-order valence-corrected chi connectivity index (χ2v) is 4.45. The SMILES string of the molecule is COCC(O)CNC(=O)C(C)Cc1ccccc1. The fourth-order valence-electron chi connectivity index (χ4n) is 1.70. The molecule has 2 N–H and O–H groups in total. The number of aliphatic hydroxyl groups is 1. The van der Waals surface area contributed by atoms with E-state index >= 15 is 0 Å². The molecule has 0 bridgehead atoms. The van der Waals surface area contributed by atoms with Crippen LogP contribution in [-0.2, 0) is 16.0 Å². The number of benzene rings is 1. The van der Waals surface area contributed by atoms with Gasteiger partial charge in [0.2, 0.25) is 5.91 Å². The smallest absolute Gasteiger partial charge is 0.223 e. The van der Waals surface area contributed by atoms with Crippen molar-refractivity contribution in [2.75, 3.05) is 20.3 Å². The van der Waals surface area contributed by atoms with E-state index in [9.17, 15) is 9.90 Å². The van der Waals surface area contributed by atoms with E-state index in [2.05, 4.69) is 5.32 Å². The van der Waals surface area contributed by atoms with Gasteiger partial charge in [-0.15, -0.1) is 0 Å². The quantitative estimate of drug-likeness (QED) is 0.759. The van der Waals surface area contributed by atoms with Crippen LogP contribution in [0.5, 0.6) is 0 Å². The summed E-state index contributed by atoms with van der Waals surface area (Å²) >= 11 is 0. The number of nitrogens with one attached hydrogen (secondary N) is 1. The predicted octanol–water partition coefficient (Wildman–Crippen LogP) is 0.989. The summed E-state index contributed by atoms with van der Waals surface area (Å²) in [5, 5.41) is 12.1. The van der Waals surface area contributed by atoms with Crippen LogP contribution >= 0.6 is 0 Å². The molecule has 0 aliphatic rings. The van der Waals surface area contributed by atoms with E-state index in [4.69, 9.17) is 4.74 Å². The average Bonchev–Trinajstić information content (AvgIpc) is 2.37. The Bertz CT molecular complexity index is 353. The lowest BCUT2D eigenvalue weighted by molar-refractivity contribution is -0.125. The van der Waals surface area contributed by atoms with E-state index in [1.165, 1.54) is 7.11 Å². The van der Waals surface area contributed by atoms with Gasteiger partial charge < -0.3 is 15.2 Å². The number of carbonyl (C=O) groups excluding carboxylic acids is 1. The number of amides is 1. The fraction of sp³-hybridized carbons (Fsp3) is 0.500. The molecule has 4 nitrogen and oxygen atoms in total. The minimum absolute atomic E-state index is 0.0472. The topological polar surface area (TPSA) is 58.6 Å². The van der Waals surface area contributed by atoms with Gasteiger partial charge in [0.25, 0.3) is 0 Å². The number of hydrogen-bond donors (Lipinski definition) is 2. The van der Waals surface area contributed by atoms with Gasteiger partial charge in [-0.05, 0) is 12.0 Å². The maximum absolute atomic E-state index is 11.8. The number of ether oxygens (including phenoxy) is 1. The summed E-state index contributed by atoms with van der Waals surface area (Å²) in [5.41, 5.74) is 1.14. The van der Waals surface area contributed by atoms with Crippen LogP contribution in [0, 0.1) is 5.92 Å². The van der Waals surface area contributed by atoms with Gasteiger partial charge in [0.1, 0.15) is 0 Å². The third-order valence-electron chi connectivity index (χ3n) is 2.70. The summed E-state index contributed by atoms with van der Waals surface area (Å²) in [5.74, 6) is -0.156. The zero-order chi connectivity index (χ0) is 13.4. The Labute approximate surface area is 108 Å². The normalized spacial score (nSPS) is 13.9. The van der Waals surface area contributed by atoms with Gasteiger partial charge in [0, 0.05) is 19.6 Å². The Kier molecular flexibility index (Phi) is 6.39. The van der Waals surface area contributed by atoms with Crippen LogP contribution in [0.25, 0.3) is 0 Å². The molecule has 0 saturated carbocycles. The molecule has 0 heterocycles. The van der Waals surface area contributed by atoms with Crippen LogP contribution < -0.4 is 5.32 Å². The molecule has 1 rings (SSSR count). The van der Waals surface area contributed by atoms with Crippen molar-refractivity contribution in [1.82, 2.24) is 5.32 Å². The van der Waals surface area contributed by atoms with Crippen LogP contribution in [-0.4, -0.2) is 37.4 Å². The van der Waals surface area contributed by atoms with Crippen molar-refractivity contribution >= 4 is 5.91 Å². The number of aliphatic hydroxyl groups excluding tert-OH is 1. The average molecular weight is 251 g/mol. The third-order valence-corrected chi connectivity index (χ3v) is 2.70. The third kappa shape index (κ3) is 5.29. The van der Waals surface area contributed by atoms with Crippen LogP contribution in [0.3, 0.4) is 0 Å². The highest BCUT2D eigenvalue weighted by Gasteiger charge is 2.14. The van der Waals surface area contributed by atoms with Gasteiger partial charge in [0.05, 0.1) is 12.7 Å². The number of carbonyl (C=O) groups is 1. The van der Waals surface area contributed by atoms with Crippen molar-refractivity contribution in [3.63, 3.8) is 0 Å². The molecule has 0 aromatic heterocycles. The first-order valence-corrected chi connectivity index (χ1v) is 6.12. The molecule has 1 amide bonds. The van der Waals surface area contributed by atoms with E-state index in [1.807, 2.05) is 37.3 Å². The number of methoxy groups -OCH3 is 1. The first-order valence-electron chi connectivity index (χ1n) is 6.12. The molecule has 0 spiro atoms. The van der Waals surface area contributed by atoms with Crippen LogP contribution in [0.4, 0.5) is 0 Å². The van der Waals surface area contributed by atoms with E-state index in [0.717, 1.165) is 5.56 Å². The van der Waals surface area contributed by atoms with Crippen molar-refractivity contribution in [2.45, 2.75) is 19.4 Å². The van der Waals surface area contributed by atoms with Gasteiger partial charge in [0.15, 0.2) is 0 Å². The monoisotopic (exact) mass is 251 g/mol. The first kappa shape index (κ1) is 14.7. The van der Waals surface area contributed by atoms with Gasteiger partial charge in [-0.25, -0.2) is 0 Å². The maximum atomic E-state index is 11.8. The summed E-state index contributed by atoms with van der Waals surface area (Å²) in [6.07, 6.45) is 0.0513. The molecule has 1 aromatic rings. The second-order valence-electron chi connectivity index (χ2n) is 4.45. The maximum Gasteiger partial charge on any atom is 0.223 e. The lowest BCUT2D eigenvalue weighted by Crippen LogP contribution is -2.37. The highest BCUT2D eigenvalue weighted by atomic mass is 16.5. The Morgan fingerprint density at radius 2 is 2.06 bits per heavy atom. The predicted molar refractivity (Wildman–Crippen MR) is 70.2 cm³/mol. The second kappa shape index (κ2) is 7.84. The zero-order valence-electron chi connectivity index (χ0n) is 10.9.